The molecular formula is C19H16Cl4N4OS2. The van der Waals surface area contributed by atoms with Crippen molar-refractivity contribution >= 4 is 91.1 Å². The lowest BCUT2D eigenvalue weighted by Crippen LogP contribution is -2.32. The summed E-state index contributed by atoms with van der Waals surface area (Å²) in [5, 5.41) is 1.26. The van der Waals surface area contributed by atoms with Crippen LogP contribution in [0, 0.1) is 6.92 Å². The van der Waals surface area contributed by atoms with E-state index in [4.69, 9.17) is 39.8 Å². The van der Waals surface area contributed by atoms with E-state index in [9.17, 15) is 4.79 Å². The van der Waals surface area contributed by atoms with E-state index in [1.54, 1.807) is 23.5 Å². The van der Waals surface area contributed by atoms with E-state index in [1.165, 1.54) is 22.7 Å². The highest BCUT2D eigenvalue weighted by atomic mass is 35.5. The van der Waals surface area contributed by atoms with Crippen LogP contribution in [0.15, 0.2) is 36.9 Å². The predicted molar refractivity (Wildman–Crippen MR) is 129 cm³/mol. The normalized spacial score (nSPS) is 10.9. The molecule has 0 aliphatic rings. The lowest BCUT2D eigenvalue weighted by molar-refractivity contribution is 0.0987. The number of imidazole rings is 1. The molecule has 0 unspecified atom stereocenters. The minimum atomic E-state index is -0.216. The molecule has 0 aliphatic heterocycles. The first-order valence-electron chi connectivity index (χ1n) is 8.71. The fraction of sp³-hybridized carbons (Fsp3) is 0.211. The highest BCUT2D eigenvalue weighted by molar-refractivity contribution is 7.22. The number of anilines is 1. The molecule has 0 atom stereocenters. The molecule has 0 saturated heterocycles. The summed E-state index contributed by atoms with van der Waals surface area (Å²) in [4.78, 5) is 23.8. The molecule has 11 heteroatoms. The van der Waals surface area contributed by atoms with Gasteiger partial charge in [-0.1, -0.05) is 46.1 Å². The number of hydrogen-bond donors (Lipinski definition) is 0. The average Bonchev–Trinajstić information content (AvgIpc) is 3.38. The largest absolute Gasteiger partial charge is 0.337 e. The van der Waals surface area contributed by atoms with Crippen LogP contribution in [0.4, 0.5) is 5.13 Å². The third-order valence-electron chi connectivity index (χ3n) is 4.36. The molecule has 3 heterocycles. The second-order valence-corrected chi connectivity index (χ2v) is 10.1. The Morgan fingerprint density at radius 2 is 2.00 bits per heavy atom. The SMILES string of the molecule is Cc1cc(Cl)cc2sc(N(CCCn3ccnc3)C(=O)c3cc(Cl)sc3Cl)nc12.Cl. The first-order chi connectivity index (χ1) is 13.9. The first kappa shape index (κ1) is 23.3. The number of benzene rings is 1. The van der Waals surface area contributed by atoms with Crippen molar-refractivity contribution in [1.29, 1.82) is 0 Å². The van der Waals surface area contributed by atoms with Gasteiger partial charge in [-0.2, -0.15) is 0 Å². The smallest absolute Gasteiger partial charge is 0.262 e. The van der Waals surface area contributed by atoms with E-state index in [2.05, 4.69) is 4.98 Å². The molecule has 0 fully saturated rings. The fourth-order valence-corrected chi connectivity index (χ4v) is 5.90. The quantitative estimate of drug-likeness (QED) is 0.275. The summed E-state index contributed by atoms with van der Waals surface area (Å²) in [6, 6.07) is 5.34. The van der Waals surface area contributed by atoms with Crippen molar-refractivity contribution in [1.82, 2.24) is 14.5 Å². The Morgan fingerprint density at radius 3 is 2.67 bits per heavy atom. The second kappa shape index (κ2) is 9.85. The number of fused-ring (bicyclic) bond motifs is 1. The van der Waals surface area contributed by atoms with Crippen molar-refractivity contribution < 1.29 is 4.79 Å². The minimum absolute atomic E-state index is 0. The van der Waals surface area contributed by atoms with Gasteiger partial charge in [-0.15, -0.1) is 23.7 Å². The number of rotatable bonds is 6. The molecule has 0 N–H and O–H groups in total. The monoisotopic (exact) mass is 520 g/mol. The van der Waals surface area contributed by atoms with Crippen molar-refractivity contribution in [2.24, 2.45) is 0 Å². The first-order valence-corrected chi connectivity index (χ1v) is 11.5. The number of carbonyl (C=O) groups excluding carboxylic acids is 1. The second-order valence-electron chi connectivity index (χ2n) is 6.41. The maximum atomic E-state index is 13.3. The maximum Gasteiger partial charge on any atom is 0.262 e. The van der Waals surface area contributed by atoms with Gasteiger partial charge in [0, 0.05) is 30.5 Å². The Hall–Kier alpha value is -1.35. The van der Waals surface area contributed by atoms with E-state index in [1.807, 2.05) is 29.8 Å². The molecule has 1 amide bonds. The van der Waals surface area contributed by atoms with Crippen molar-refractivity contribution in [3.63, 3.8) is 0 Å². The molecule has 0 saturated carbocycles. The number of nitrogens with zero attached hydrogens (tertiary/aromatic N) is 4. The van der Waals surface area contributed by atoms with E-state index < -0.39 is 0 Å². The lowest BCUT2D eigenvalue weighted by Gasteiger charge is -2.19. The van der Waals surface area contributed by atoms with E-state index in [0.717, 1.165) is 28.7 Å². The third-order valence-corrected chi connectivity index (χ3v) is 7.09. The number of thiophene rings is 1. The maximum absolute atomic E-state index is 13.3. The predicted octanol–water partition coefficient (Wildman–Crippen LogP) is 6.98. The van der Waals surface area contributed by atoms with Gasteiger partial charge in [0.15, 0.2) is 5.13 Å². The fourth-order valence-electron chi connectivity index (χ4n) is 3.00. The number of carbonyl (C=O) groups is 1. The molecule has 0 radical (unpaired) electrons. The van der Waals surface area contributed by atoms with Gasteiger partial charge in [0.25, 0.3) is 5.91 Å². The van der Waals surface area contributed by atoms with E-state index in [-0.39, 0.29) is 18.3 Å². The summed E-state index contributed by atoms with van der Waals surface area (Å²) in [7, 11) is 0. The third kappa shape index (κ3) is 4.93. The van der Waals surface area contributed by atoms with Gasteiger partial charge in [-0.3, -0.25) is 9.69 Å². The molecule has 4 rings (SSSR count). The van der Waals surface area contributed by atoms with Crippen LogP contribution in [-0.4, -0.2) is 27.0 Å². The molecule has 5 nitrogen and oxygen atoms in total. The van der Waals surface area contributed by atoms with Crippen LogP contribution < -0.4 is 4.90 Å². The Bertz CT molecular complexity index is 1170. The van der Waals surface area contributed by atoms with Gasteiger partial charge in [-0.05, 0) is 37.1 Å². The van der Waals surface area contributed by atoms with Gasteiger partial charge in [0.05, 0.1) is 26.4 Å². The molecule has 0 aliphatic carbocycles. The number of amides is 1. The van der Waals surface area contributed by atoms with Crippen molar-refractivity contribution in [3.05, 3.63) is 61.7 Å². The summed E-state index contributed by atoms with van der Waals surface area (Å²) in [6.07, 6.45) is 6.11. The Balaban J connectivity index is 0.00000256. The summed E-state index contributed by atoms with van der Waals surface area (Å²) in [6.45, 7) is 3.17. The molecule has 158 valence electrons. The zero-order chi connectivity index (χ0) is 20.5. The molecule has 0 spiro atoms. The molecule has 4 aromatic rings. The van der Waals surface area contributed by atoms with Crippen molar-refractivity contribution in [2.75, 3.05) is 11.4 Å². The Morgan fingerprint density at radius 1 is 1.20 bits per heavy atom. The lowest BCUT2D eigenvalue weighted by atomic mass is 10.2. The number of halogens is 4. The Labute approximate surface area is 202 Å². The van der Waals surface area contributed by atoms with Crippen LogP contribution in [0.5, 0.6) is 0 Å². The molecule has 30 heavy (non-hydrogen) atoms. The molecule has 3 aromatic heterocycles. The zero-order valence-electron chi connectivity index (χ0n) is 15.6. The molecular weight excluding hydrogens is 506 g/mol. The minimum Gasteiger partial charge on any atom is -0.337 e. The molecule has 0 bridgehead atoms. The topological polar surface area (TPSA) is 51.0 Å². The summed E-state index contributed by atoms with van der Waals surface area (Å²) in [5.74, 6) is -0.216. The van der Waals surface area contributed by atoms with Gasteiger partial charge < -0.3 is 4.57 Å². The van der Waals surface area contributed by atoms with Gasteiger partial charge in [0.2, 0.25) is 0 Å². The van der Waals surface area contributed by atoms with Crippen LogP contribution in [0.3, 0.4) is 0 Å². The molecule has 1 aromatic carbocycles. The number of aromatic nitrogens is 3. The van der Waals surface area contributed by atoms with Crippen LogP contribution in [0.1, 0.15) is 22.3 Å². The number of hydrogen-bond acceptors (Lipinski definition) is 5. The van der Waals surface area contributed by atoms with Gasteiger partial charge >= 0.3 is 0 Å². The highest BCUT2D eigenvalue weighted by Crippen LogP contribution is 2.36. The summed E-state index contributed by atoms with van der Waals surface area (Å²) >= 11 is 21.1. The standard InChI is InChI=1S/C19H15Cl3N4OS2.ClH/c1-11-7-12(20)8-14-16(11)24-19(28-14)26(5-2-4-25-6-3-23-10-25)18(27)13-9-15(21)29-17(13)22;/h3,6-10H,2,4-5H2,1H3;1H. The Kier molecular flexibility index (Phi) is 7.66. The average molecular weight is 522 g/mol. The van der Waals surface area contributed by atoms with Crippen LogP contribution in [0.2, 0.25) is 13.7 Å². The summed E-state index contributed by atoms with van der Waals surface area (Å²) in [5.41, 5.74) is 2.20. The van der Waals surface area contributed by atoms with E-state index in [0.29, 0.717) is 30.9 Å². The van der Waals surface area contributed by atoms with E-state index >= 15 is 0 Å². The van der Waals surface area contributed by atoms with Gasteiger partial charge in [-0.25, -0.2) is 9.97 Å². The van der Waals surface area contributed by atoms with Crippen molar-refractivity contribution in [2.45, 2.75) is 19.9 Å². The number of aryl methyl sites for hydroxylation is 2. The number of thiazole rings is 1. The van der Waals surface area contributed by atoms with Gasteiger partial charge in [0.1, 0.15) is 4.34 Å². The van der Waals surface area contributed by atoms with Crippen LogP contribution in [-0.2, 0) is 6.54 Å². The van der Waals surface area contributed by atoms with Crippen LogP contribution >= 0.6 is 69.9 Å². The highest BCUT2D eigenvalue weighted by Gasteiger charge is 2.25. The van der Waals surface area contributed by atoms with Crippen LogP contribution in [0.25, 0.3) is 10.2 Å². The summed E-state index contributed by atoms with van der Waals surface area (Å²) < 4.78 is 3.76. The zero-order valence-corrected chi connectivity index (χ0v) is 20.4. The van der Waals surface area contributed by atoms with Crippen molar-refractivity contribution in [3.8, 4) is 0 Å².